The van der Waals surface area contributed by atoms with Gasteiger partial charge in [-0.1, -0.05) is 0 Å². The topological polar surface area (TPSA) is 67.0 Å². The number of nitrogens with zero attached hydrogens (tertiary/aromatic N) is 2. The first-order valence-electron chi connectivity index (χ1n) is 6.86. The molecule has 2 rings (SSSR count). The van der Waals surface area contributed by atoms with Gasteiger partial charge in [0.15, 0.2) is 0 Å². The molecule has 1 aromatic heterocycles. The van der Waals surface area contributed by atoms with Crippen molar-refractivity contribution in [3.05, 3.63) is 47.8 Å². The van der Waals surface area contributed by atoms with Gasteiger partial charge in [-0.2, -0.15) is 0 Å². The molecule has 0 radical (unpaired) electrons. The third-order valence-electron chi connectivity index (χ3n) is 3.14. The fraction of sp³-hybridized carbons (Fsp3) is 0.312. The fourth-order valence-corrected chi connectivity index (χ4v) is 2.06. The van der Waals surface area contributed by atoms with Crippen LogP contribution in [0, 0.1) is 0 Å². The highest BCUT2D eigenvalue weighted by Crippen LogP contribution is 2.21. The van der Waals surface area contributed by atoms with E-state index in [4.69, 9.17) is 4.74 Å². The fourth-order valence-electron chi connectivity index (χ4n) is 2.06. The van der Waals surface area contributed by atoms with Gasteiger partial charge in [-0.3, -0.25) is 4.99 Å². The largest absolute Gasteiger partial charge is 0.507 e. The standard InChI is InChI=1S/C16H20N2O3/c1-3-21-13-6-7-15(19)12(9-13)10-17-11-16(20)14-5-4-8-18(14)2/h4-10,16,19-20H,3,11H2,1-2H3. The quantitative estimate of drug-likeness (QED) is 0.801. The number of phenolic OH excluding ortho intramolecular Hbond substituents is 1. The Kier molecular flexibility index (Phi) is 5.00. The summed E-state index contributed by atoms with van der Waals surface area (Å²) < 4.78 is 7.23. The average molecular weight is 288 g/mol. The van der Waals surface area contributed by atoms with Crippen LogP contribution in [0.3, 0.4) is 0 Å². The average Bonchev–Trinajstić information content (AvgIpc) is 2.88. The highest BCUT2D eigenvalue weighted by atomic mass is 16.5. The zero-order chi connectivity index (χ0) is 15.2. The molecule has 1 unspecified atom stereocenters. The molecule has 0 bridgehead atoms. The van der Waals surface area contributed by atoms with Crippen LogP contribution in [0.25, 0.3) is 0 Å². The van der Waals surface area contributed by atoms with Gasteiger partial charge in [0, 0.05) is 30.7 Å². The first-order valence-corrected chi connectivity index (χ1v) is 6.86. The van der Waals surface area contributed by atoms with Gasteiger partial charge in [0.25, 0.3) is 0 Å². The van der Waals surface area contributed by atoms with E-state index in [9.17, 15) is 10.2 Å². The van der Waals surface area contributed by atoms with Crippen molar-refractivity contribution in [2.45, 2.75) is 13.0 Å². The molecule has 112 valence electrons. The number of ether oxygens (including phenoxy) is 1. The maximum absolute atomic E-state index is 10.1. The Labute approximate surface area is 124 Å². The van der Waals surface area contributed by atoms with Crippen LogP contribution in [0.1, 0.15) is 24.3 Å². The van der Waals surface area contributed by atoms with Gasteiger partial charge >= 0.3 is 0 Å². The Hall–Kier alpha value is -2.27. The number of aromatic hydroxyl groups is 1. The van der Waals surface area contributed by atoms with E-state index >= 15 is 0 Å². The lowest BCUT2D eigenvalue weighted by atomic mass is 10.2. The number of aliphatic imine (C=N–C) groups is 1. The van der Waals surface area contributed by atoms with Gasteiger partial charge in [0.1, 0.15) is 17.6 Å². The van der Waals surface area contributed by atoms with Crippen molar-refractivity contribution in [1.29, 1.82) is 0 Å². The molecule has 0 aliphatic rings. The summed E-state index contributed by atoms with van der Waals surface area (Å²) in [5, 5.41) is 19.8. The van der Waals surface area contributed by atoms with Gasteiger partial charge in [-0.15, -0.1) is 0 Å². The smallest absolute Gasteiger partial charge is 0.124 e. The molecule has 1 atom stereocenters. The molecular formula is C16H20N2O3. The summed E-state index contributed by atoms with van der Waals surface area (Å²) in [5.41, 5.74) is 1.37. The van der Waals surface area contributed by atoms with Crippen LogP contribution in [-0.2, 0) is 7.05 Å². The molecule has 0 saturated heterocycles. The van der Waals surface area contributed by atoms with Gasteiger partial charge in [-0.05, 0) is 37.3 Å². The van der Waals surface area contributed by atoms with E-state index in [1.54, 1.807) is 24.4 Å². The number of aromatic nitrogens is 1. The summed E-state index contributed by atoms with van der Waals surface area (Å²) in [6, 6.07) is 8.72. The molecule has 1 heterocycles. The molecule has 0 fully saturated rings. The van der Waals surface area contributed by atoms with Gasteiger partial charge in [0.05, 0.1) is 13.2 Å². The number of aliphatic hydroxyl groups excluding tert-OH is 1. The lowest BCUT2D eigenvalue weighted by molar-refractivity contribution is 0.179. The van der Waals surface area contributed by atoms with Crippen molar-refractivity contribution < 1.29 is 14.9 Å². The zero-order valence-electron chi connectivity index (χ0n) is 12.2. The second kappa shape index (κ2) is 6.95. The van der Waals surface area contributed by atoms with E-state index in [1.807, 2.05) is 36.9 Å². The van der Waals surface area contributed by atoms with E-state index in [2.05, 4.69) is 4.99 Å². The Morgan fingerprint density at radius 1 is 1.38 bits per heavy atom. The summed E-state index contributed by atoms with van der Waals surface area (Å²) in [6.07, 6.45) is 2.75. The minimum absolute atomic E-state index is 0.135. The predicted octanol–water partition coefficient (Wildman–Crippen LogP) is 2.28. The number of hydrogen-bond acceptors (Lipinski definition) is 4. The minimum atomic E-state index is -0.668. The van der Waals surface area contributed by atoms with Gasteiger partial charge in [0.2, 0.25) is 0 Å². The van der Waals surface area contributed by atoms with E-state index in [0.29, 0.717) is 17.9 Å². The molecule has 5 nitrogen and oxygen atoms in total. The highest BCUT2D eigenvalue weighted by Gasteiger charge is 2.09. The van der Waals surface area contributed by atoms with Crippen LogP contribution in [0.4, 0.5) is 0 Å². The van der Waals surface area contributed by atoms with Gasteiger partial charge < -0.3 is 19.5 Å². The maximum atomic E-state index is 10.1. The molecule has 5 heteroatoms. The van der Waals surface area contributed by atoms with E-state index in [0.717, 1.165) is 5.69 Å². The van der Waals surface area contributed by atoms with E-state index < -0.39 is 6.10 Å². The normalized spacial score (nSPS) is 12.7. The number of phenols is 1. The molecule has 0 aliphatic carbocycles. The van der Waals surface area contributed by atoms with Crippen molar-refractivity contribution in [3.8, 4) is 11.5 Å². The van der Waals surface area contributed by atoms with Crippen LogP contribution in [0.5, 0.6) is 11.5 Å². The molecule has 2 N–H and O–H groups in total. The van der Waals surface area contributed by atoms with Crippen LogP contribution in [0.15, 0.2) is 41.5 Å². The molecule has 0 amide bonds. The number of benzene rings is 1. The van der Waals surface area contributed by atoms with E-state index in [-0.39, 0.29) is 12.3 Å². The minimum Gasteiger partial charge on any atom is -0.507 e. The van der Waals surface area contributed by atoms with Gasteiger partial charge in [-0.25, -0.2) is 0 Å². The SMILES string of the molecule is CCOc1ccc(O)c(C=NCC(O)c2cccn2C)c1. The van der Waals surface area contributed by atoms with Crippen LogP contribution < -0.4 is 4.74 Å². The number of hydrogen-bond donors (Lipinski definition) is 2. The summed E-state index contributed by atoms with van der Waals surface area (Å²) >= 11 is 0. The Balaban J connectivity index is 2.04. The molecule has 2 aromatic rings. The zero-order valence-corrected chi connectivity index (χ0v) is 12.2. The molecule has 0 spiro atoms. The Morgan fingerprint density at radius 3 is 2.86 bits per heavy atom. The lowest BCUT2D eigenvalue weighted by Gasteiger charge is -2.09. The predicted molar refractivity (Wildman–Crippen MR) is 82.1 cm³/mol. The molecule has 0 saturated carbocycles. The van der Waals surface area contributed by atoms with Crippen LogP contribution in [-0.4, -0.2) is 34.1 Å². The van der Waals surface area contributed by atoms with Crippen LogP contribution >= 0.6 is 0 Å². The molecule has 0 aliphatic heterocycles. The van der Waals surface area contributed by atoms with Crippen molar-refractivity contribution in [2.24, 2.45) is 12.0 Å². The van der Waals surface area contributed by atoms with Crippen molar-refractivity contribution in [2.75, 3.05) is 13.2 Å². The molecule has 1 aromatic carbocycles. The summed E-state index contributed by atoms with van der Waals surface area (Å²) in [5.74, 6) is 0.815. The van der Waals surface area contributed by atoms with Crippen molar-refractivity contribution in [3.63, 3.8) is 0 Å². The number of rotatable bonds is 6. The summed E-state index contributed by atoms with van der Waals surface area (Å²) in [4.78, 5) is 4.20. The monoisotopic (exact) mass is 288 g/mol. The Morgan fingerprint density at radius 2 is 2.19 bits per heavy atom. The van der Waals surface area contributed by atoms with Crippen molar-refractivity contribution >= 4 is 6.21 Å². The first kappa shape index (κ1) is 15.1. The third-order valence-corrected chi connectivity index (χ3v) is 3.14. The Bertz CT molecular complexity index is 620. The second-order valence-electron chi connectivity index (χ2n) is 4.71. The van der Waals surface area contributed by atoms with Crippen molar-refractivity contribution in [1.82, 2.24) is 4.57 Å². The summed E-state index contributed by atoms with van der Waals surface area (Å²) in [7, 11) is 1.87. The second-order valence-corrected chi connectivity index (χ2v) is 4.71. The van der Waals surface area contributed by atoms with E-state index in [1.165, 1.54) is 0 Å². The summed E-state index contributed by atoms with van der Waals surface area (Å²) in [6.45, 7) is 2.69. The van der Waals surface area contributed by atoms with Crippen LogP contribution in [0.2, 0.25) is 0 Å². The molecular weight excluding hydrogens is 268 g/mol. The number of aliphatic hydroxyl groups is 1. The first-order chi connectivity index (χ1) is 10.1. The lowest BCUT2D eigenvalue weighted by Crippen LogP contribution is -2.06. The molecule has 21 heavy (non-hydrogen) atoms. The maximum Gasteiger partial charge on any atom is 0.124 e. The number of aryl methyl sites for hydroxylation is 1. The highest BCUT2D eigenvalue weighted by molar-refractivity contribution is 5.84. The third kappa shape index (κ3) is 3.86.